The number of nitrogens with zero attached hydrogens (tertiary/aromatic N) is 1. The molecule has 0 unspecified atom stereocenters. The van der Waals surface area contributed by atoms with Gasteiger partial charge < -0.3 is 15.4 Å². The summed E-state index contributed by atoms with van der Waals surface area (Å²) in [6.07, 6.45) is 1.84. The molecular weight excluding hydrogens is 298 g/mol. The first kappa shape index (κ1) is 17.9. The number of nitrogens with one attached hydrogen (secondary N) is 2. The zero-order valence-corrected chi connectivity index (χ0v) is 14.6. The maximum Gasteiger partial charge on any atom is 0.191 e. The molecule has 128 valence electrons. The van der Waals surface area contributed by atoms with Crippen LogP contribution in [-0.4, -0.2) is 32.7 Å². The molecule has 0 aromatic heterocycles. The van der Waals surface area contributed by atoms with E-state index in [2.05, 4.69) is 52.9 Å². The van der Waals surface area contributed by atoms with E-state index in [0.717, 1.165) is 44.2 Å². The lowest BCUT2D eigenvalue weighted by atomic mass is 10.1. The minimum absolute atomic E-state index is 0.723. The van der Waals surface area contributed by atoms with Gasteiger partial charge in [0.1, 0.15) is 5.75 Å². The minimum Gasteiger partial charge on any atom is -0.496 e. The smallest absolute Gasteiger partial charge is 0.191 e. The molecule has 4 heteroatoms. The van der Waals surface area contributed by atoms with Gasteiger partial charge in [-0.15, -0.1) is 0 Å². The van der Waals surface area contributed by atoms with E-state index in [9.17, 15) is 0 Å². The molecule has 4 nitrogen and oxygen atoms in total. The van der Waals surface area contributed by atoms with Crippen LogP contribution in [0.2, 0.25) is 0 Å². The van der Waals surface area contributed by atoms with E-state index in [1.807, 2.05) is 24.3 Å². The Hall–Kier alpha value is -2.49. The average Bonchev–Trinajstić information content (AvgIpc) is 2.63. The third-order valence-corrected chi connectivity index (χ3v) is 3.74. The van der Waals surface area contributed by atoms with Crippen molar-refractivity contribution in [2.75, 3.05) is 26.7 Å². The van der Waals surface area contributed by atoms with Gasteiger partial charge in [-0.1, -0.05) is 48.5 Å². The predicted octanol–water partition coefficient (Wildman–Crippen LogP) is 3.04. The van der Waals surface area contributed by atoms with Gasteiger partial charge in [-0.25, -0.2) is 0 Å². The quantitative estimate of drug-likeness (QED) is 0.579. The van der Waals surface area contributed by atoms with Crippen molar-refractivity contribution in [2.45, 2.75) is 19.8 Å². The summed E-state index contributed by atoms with van der Waals surface area (Å²) in [5.74, 6) is 1.79. The van der Waals surface area contributed by atoms with Crippen molar-refractivity contribution in [1.29, 1.82) is 0 Å². The van der Waals surface area contributed by atoms with Crippen LogP contribution in [0, 0.1) is 0 Å². The van der Waals surface area contributed by atoms with E-state index < -0.39 is 0 Å². The Bertz CT molecular complexity index is 626. The highest BCUT2D eigenvalue weighted by Gasteiger charge is 2.02. The summed E-state index contributed by atoms with van der Waals surface area (Å²) >= 11 is 0. The Labute approximate surface area is 145 Å². The molecule has 0 amide bonds. The van der Waals surface area contributed by atoms with Gasteiger partial charge in [0.25, 0.3) is 0 Å². The number of benzene rings is 2. The fourth-order valence-electron chi connectivity index (χ4n) is 2.51. The van der Waals surface area contributed by atoms with Crippen molar-refractivity contribution in [3.8, 4) is 5.75 Å². The van der Waals surface area contributed by atoms with E-state index in [-0.39, 0.29) is 0 Å². The molecule has 0 spiro atoms. The molecular formula is C20H27N3O. The average molecular weight is 325 g/mol. The topological polar surface area (TPSA) is 45.7 Å². The van der Waals surface area contributed by atoms with E-state index >= 15 is 0 Å². The maximum absolute atomic E-state index is 5.38. The molecule has 0 saturated carbocycles. The monoisotopic (exact) mass is 325 g/mol. The first-order chi connectivity index (χ1) is 11.8. The predicted molar refractivity (Wildman–Crippen MR) is 101 cm³/mol. The molecule has 2 N–H and O–H groups in total. The maximum atomic E-state index is 5.38. The molecule has 0 aliphatic heterocycles. The number of hydrogen-bond acceptors (Lipinski definition) is 2. The largest absolute Gasteiger partial charge is 0.496 e. The highest BCUT2D eigenvalue weighted by atomic mass is 16.5. The Morgan fingerprint density at radius 2 is 1.71 bits per heavy atom. The molecule has 0 radical (unpaired) electrons. The molecule has 2 rings (SSSR count). The molecule has 2 aromatic carbocycles. The van der Waals surface area contributed by atoms with Crippen molar-refractivity contribution in [3.63, 3.8) is 0 Å². The van der Waals surface area contributed by atoms with Crippen LogP contribution in [0.4, 0.5) is 0 Å². The molecule has 2 aromatic rings. The number of guanidine groups is 1. The minimum atomic E-state index is 0.723. The van der Waals surface area contributed by atoms with Crippen molar-refractivity contribution in [3.05, 3.63) is 65.7 Å². The van der Waals surface area contributed by atoms with Gasteiger partial charge in [-0.05, 0) is 37.0 Å². The van der Waals surface area contributed by atoms with Gasteiger partial charge in [0.2, 0.25) is 0 Å². The number of ether oxygens (including phenoxy) is 1. The highest BCUT2D eigenvalue weighted by molar-refractivity contribution is 5.79. The normalized spacial score (nSPS) is 11.2. The Morgan fingerprint density at radius 3 is 2.46 bits per heavy atom. The van der Waals surface area contributed by atoms with Crippen molar-refractivity contribution >= 4 is 5.96 Å². The third-order valence-electron chi connectivity index (χ3n) is 3.74. The standard InChI is InChI=1S/C20H27N3O/c1-3-21-20(22-15-13-17-9-5-4-6-10-17)23-16-14-18-11-7-8-12-19(18)24-2/h4-12H,3,13-16H2,1-2H3,(H2,21,22,23). The van der Waals surface area contributed by atoms with Gasteiger partial charge in [-0.2, -0.15) is 0 Å². The second-order valence-electron chi connectivity index (χ2n) is 5.48. The number of para-hydroxylation sites is 1. The summed E-state index contributed by atoms with van der Waals surface area (Å²) in [6.45, 7) is 4.52. The Balaban J connectivity index is 1.83. The Kier molecular flexibility index (Phi) is 7.68. The van der Waals surface area contributed by atoms with Crippen molar-refractivity contribution in [2.24, 2.45) is 4.99 Å². The van der Waals surface area contributed by atoms with Crippen LogP contribution in [0.25, 0.3) is 0 Å². The lowest BCUT2D eigenvalue weighted by Gasteiger charge is -2.12. The molecule has 24 heavy (non-hydrogen) atoms. The van der Waals surface area contributed by atoms with Crippen LogP contribution in [-0.2, 0) is 12.8 Å². The summed E-state index contributed by atoms with van der Waals surface area (Å²) in [4.78, 5) is 4.65. The van der Waals surface area contributed by atoms with E-state index in [0.29, 0.717) is 0 Å². The molecule has 0 aliphatic carbocycles. The van der Waals surface area contributed by atoms with Crippen LogP contribution >= 0.6 is 0 Å². The van der Waals surface area contributed by atoms with Gasteiger partial charge in [0.15, 0.2) is 5.96 Å². The summed E-state index contributed by atoms with van der Waals surface area (Å²) < 4.78 is 5.38. The van der Waals surface area contributed by atoms with Crippen molar-refractivity contribution in [1.82, 2.24) is 10.6 Å². The molecule has 0 saturated heterocycles. The second-order valence-corrected chi connectivity index (χ2v) is 5.48. The van der Waals surface area contributed by atoms with Crippen LogP contribution in [0.1, 0.15) is 18.1 Å². The van der Waals surface area contributed by atoms with Gasteiger partial charge in [-0.3, -0.25) is 4.99 Å². The van der Waals surface area contributed by atoms with Gasteiger partial charge in [0, 0.05) is 19.6 Å². The van der Waals surface area contributed by atoms with Gasteiger partial charge >= 0.3 is 0 Å². The first-order valence-electron chi connectivity index (χ1n) is 8.51. The first-order valence-corrected chi connectivity index (χ1v) is 8.51. The van der Waals surface area contributed by atoms with E-state index in [1.165, 1.54) is 11.1 Å². The Morgan fingerprint density at radius 1 is 0.958 bits per heavy atom. The summed E-state index contributed by atoms with van der Waals surface area (Å²) in [6, 6.07) is 18.6. The molecule has 0 fully saturated rings. The number of rotatable bonds is 8. The van der Waals surface area contributed by atoms with Crippen LogP contribution < -0.4 is 15.4 Å². The fraction of sp³-hybridized carbons (Fsp3) is 0.350. The molecule has 0 atom stereocenters. The van der Waals surface area contributed by atoms with E-state index in [4.69, 9.17) is 4.74 Å². The third kappa shape index (κ3) is 5.95. The lowest BCUT2D eigenvalue weighted by molar-refractivity contribution is 0.410. The zero-order valence-electron chi connectivity index (χ0n) is 14.6. The highest BCUT2D eigenvalue weighted by Crippen LogP contribution is 2.17. The van der Waals surface area contributed by atoms with E-state index in [1.54, 1.807) is 7.11 Å². The van der Waals surface area contributed by atoms with Crippen LogP contribution in [0.5, 0.6) is 5.75 Å². The molecule has 0 bridgehead atoms. The number of methoxy groups -OCH3 is 1. The molecule has 0 aliphatic rings. The zero-order chi connectivity index (χ0) is 17.0. The van der Waals surface area contributed by atoms with Crippen LogP contribution in [0.3, 0.4) is 0 Å². The SMILES string of the molecule is CCNC(=NCCc1ccccc1OC)NCCc1ccccc1. The fourth-order valence-corrected chi connectivity index (χ4v) is 2.51. The lowest BCUT2D eigenvalue weighted by Crippen LogP contribution is -2.38. The summed E-state index contributed by atoms with van der Waals surface area (Å²) in [5.41, 5.74) is 2.51. The van der Waals surface area contributed by atoms with Crippen LogP contribution in [0.15, 0.2) is 59.6 Å². The number of hydrogen-bond donors (Lipinski definition) is 2. The summed E-state index contributed by atoms with van der Waals surface area (Å²) in [7, 11) is 1.71. The second kappa shape index (κ2) is 10.3. The molecule has 0 heterocycles. The summed E-state index contributed by atoms with van der Waals surface area (Å²) in [5, 5.41) is 6.68. The number of aliphatic imine (C=N–C) groups is 1. The van der Waals surface area contributed by atoms with Crippen molar-refractivity contribution < 1.29 is 4.74 Å². The van der Waals surface area contributed by atoms with Gasteiger partial charge in [0.05, 0.1) is 7.11 Å².